The number of fused-ring (bicyclic) bond motifs is 2. The quantitative estimate of drug-likeness (QED) is 0.306. The molecule has 0 fully saturated rings. The van der Waals surface area contributed by atoms with Gasteiger partial charge in [0, 0.05) is 0 Å². The van der Waals surface area contributed by atoms with Crippen molar-refractivity contribution in [3.8, 4) is 11.5 Å². The third-order valence-corrected chi connectivity index (χ3v) is 5.04. The van der Waals surface area contributed by atoms with Gasteiger partial charge < -0.3 is 25.0 Å². The lowest BCUT2D eigenvalue weighted by molar-refractivity contribution is -0.0802. The topological polar surface area (TPSA) is 162 Å². The first-order valence-electron chi connectivity index (χ1n) is 9.42. The van der Waals surface area contributed by atoms with Crippen molar-refractivity contribution in [3.63, 3.8) is 0 Å². The number of rotatable bonds is 7. The van der Waals surface area contributed by atoms with Gasteiger partial charge in [-0.05, 0) is 36.1 Å². The predicted molar refractivity (Wildman–Crippen MR) is 105 cm³/mol. The molecule has 0 amide bonds. The number of benzene rings is 1. The largest absolute Gasteiger partial charge is 0.394 e. The standard InChI is InChI=1S/C19H24N4O6/c1-3-9-5-11-12(6-10(9)4-2)23(7-13(25)16(27)14(26)8-24)17-15(20-11)18(28)22-19(29)21-17/h5-6,13-14,16,24-27H,3-4,7-8H2,1-2H3,(H,22,28,29)/t13-,14+,16-/m0/s1. The van der Waals surface area contributed by atoms with E-state index in [2.05, 4.69) is 15.0 Å². The average Bonchev–Trinajstić information content (AvgIpc) is 2.71. The third kappa shape index (κ3) is 3.92. The van der Waals surface area contributed by atoms with Crippen LogP contribution in [0.4, 0.5) is 0 Å². The van der Waals surface area contributed by atoms with Crippen molar-refractivity contribution in [3.05, 3.63) is 44.1 Å². The van der Waals surface area contributed by atoms with Crippen molar-refractivity contribution in [2.45, 2.75) is 51.5 Å². The molecule has 0 saturated carbocycles. The van der Waals surface area contributed by atoms with Crippen LogP contribution in [0, 0.1) is 0 Å². The first-order valence-corrected chi connectivity index (χ1v) is 9.42. The van der Waals surface area contributed by atoms with E-state index in [1.165, 1.54) is 4.57 Å². The van der Waals surface area contributed by atoms with Crippen LogP contribution >= 0.6 is 0 Å². The normalized spacial score (nSPS) is 15.0. The Morgan fingerprint density at radius 1 is 1.03 bits per heavy atom. The maximum absolute atomic E-state index is 12.3. The van der Waals surface area contributed by atoms with Gasteiger partial charge in [0.25, 0.3) is 5.56 Å². The molecule has 3 rings (SSSR count). The molecular formula is C19H24N4O6. The number of aromatic amines is 1. The Labute approximate surface area is 165 Å². The number of aliphatic hydroxyl groups excluding tert-OH is 4. The molecule has 29 heavy (non-hydrogen) atoms. The van der Waals surface area contributed by atoms with Crippen LogP contribution in [0.25, 0.3) is 22.6 Å². The minimum absolute atomic E-state index is 0.0395. The fourth-order valence-corrected chi connectivity index (χ4v) is 3.43. The summed E-state index contributed by atoms with van der Waals surface area (Å²) in [4.78, 5) is 34.4. The van der Waals surface area contributed by atoms with E-state index in [4.69, 9.17) is 5.11 Å². The van der Waals surface area contributed by atoms with Crippen molar-refractivity contribution in [2.24, 2.45) is 0 Å². The molecule has 2 aliphatic rings. The summed E-state index contributed by atoms with van der Waals surface area (Å²) in [6, 6.07) is 3.70. The van der Waals surface area contributed by atoms with Gasteiger partial charge in [-0.2, -0.15) is 4.98 Å². The number of nitrogens with zero attached hydrogens (tertiary/aromatic N) is 3. The number of aromatic nitrogens is 4. The summed E-state index contributed by atoms with van der Waals surface area (Å²) < 4.78 is 1.44. The maximum Gasteiger partial charge on any atom is 0.349 e. The summed E-state index contributed by atoms with van der Waals surface area (Å²) in [5.74, 6) is -0.0395. The second-order valence-corrected chi connectivity index (χ2v) is 6.89. The molecule has 1 aromatic rings. The van der Waals surface area contributed by atoms with E-state index in [9.17, 15) is 24.9 Å². The zero-order valence-corrected chi connectivity index (χ0v) is 16.2. The van der Waals surface area contributed by atoms with E-state index in [1.54, 1.807) is 0 Å². The first-order chi connectivity index (χ1) is 13.8. The van der Waals surface area contributed by atoms with Gasteiger partial charge in [0.15, 0.2) is 11.5 Å². The maximum atomic E-state index is 12.3. The lowest BCUT2D eigenvalue weighted by Gasteiger charge is -2.25. The van der Waals surface area contributed by atoms with Gasteiger partial charge in [0.2, 0.25) is 0 Å². The number of hydrogen-bond acceptors (Lipinski definition) is 8. The number of aryl methyl sites for hydroxylation is 2. The Bertz CT molecular complexity index is 1110. The molecule has 0 aromatic heterocycles. The van der Waals surface area contributed by atoms with Gasteiger partial charge in [0.05, 0.1) is 24.2 Å². The highest BCUT2D eigenvalue weighted by atomic mass is 16.4. The van der Waals surface area contributed by atoms with Crippen LogP contribution in [0.3, 0.4) is 0 Å². The number of nitrogens with one attached hydrogen (secondary N) is 1. The molecule has 0 aliphatic carbocycles. The lowest BCUT2D eigenvalue weighted by Crippen LogP contribution is -2.42. The second kappa shape index (κ2) is 8.37. The van der Waals surface area contributed by atoms with E-state index < -0.39 is 36.2 Å². The molecule has 3 atom stereocenters. The van der Waals surface area contributed by atoms with Crippen molar-refractivity contribution in [1.29, 1.82) is 0 Å². The van der Waals surface area contributed by atoms with Gasteiger partial charge in [-0.15, -0.1) is 0 Å². The van der Waals surface area contributed by atoms with Crippen LogP contribution in [0.1, 0.15) is 25.0 Å². The molecule has 156 valence electrons. The van der Waals surface area contributed by atoms with Crippen LogP contribution in [0.15, 0.2) is 21.7 Å². The smallest absolute Gasteiger partial charge is 0.349 e. The molecule has 0 saturated heterocycles. The minimum Gasteiger partial charge on any atom is -0.394 e. The van der Waals surface area contributed by atoms with E-state index in [1.807, 2.05) is 26.0 Å². The summed E-state index contributed by atoms with van der Waals surface area (Å²) in [6.45, 7) is 2.99. The lowest BCUT2D eigenvalue weighted by atomic mass is 10.0. The fourth-order valence-electron chi connectivity index (χ4n) is 3.43. The zero-order chi connectivity index (χ0) is 21.3. The third-order valence-electron chi connectivity index (χ3n) is 5.04. The fraction of sp³-hybridized carbons (Fsp3) is 0.474. The molecule has 5 N–H and O–H groups in total. The predicted octanol–water partition coefficient (Wildman–Crippen LogP) is -1.22. The van der Waals surface area contributed by atoms with Crippen LogP contribution in [0.5, 0.6) is 0 Å². The SMILES string of the molecule is CCc1cc2nc3c(=O)[nH]c(=O)nc-3n(C[C@H](O)[C@H](O)[C@H](O)CO)c2cc1CC. The van der Waals surface area contributed by atoms with Gasteiger partial charge in [-0.25, -0.2) is 9.78 Å². The highest BCUT2D eigenvalue weighted by Crippen LogP contribution is 2.25. The Balaban J connectivity index is 2.30. The van der Waals surface area contributed by atoms with Crippen LogP contribution in [0.2, 0.25) is 0 Å². The van der Waals surface area contributed by atoms with Crippen LogP contribution < -0.4 is 11.2 Å². The van der Waals surface area contributed by atoms with E-state index >= 15 is 0 Å². The molecule has 2 aliphatic heterocycles. The van der Waals surface area contributed by atoms with Crippen molar-refractivity contribution in [2.75, 3.05) is 6.61 Å². The first kappa shape index (κ1) is 21.1. The molecule has 0 spiro atoms. The van der Waals surface area contributed by atoms with Crippen molar-refractivity contribution < 1.29 is 20.4 Å². The Morgan fingerprint density at radius 2 is 1.69 bits per heavy atom. The van der Waals surface area contributed by atoms with Crippen molar-refractivity contribution >= 4 is 11.0 Å². The van der Waals surface area contributed by atoms with Gasteiger partial charge in [0.1, 0.15) is 18.3 Å². The molecule has 10 nitrogen and oxygen atoms in total. The Morgan fingerprint density at radius 3 is 2.31 bits per heavy atom. The van der Waals surface area contributed by atoms with Gasteiger partial charge in [-0.3, -0.25) is 9.78 Å². The second-order valence-electron chi connectivity index (χ2n) is 6.89. The summed E-state index contributed by atoms with van der Waals surface area (Å²) >= 11 is 0. The molecule has 2 heterocycles. The summed E-state index contributed by atoms with van der Waals surface area (Å²) in [7, 11) is 0. The molecular weight excluding hydrogens is 380 g/mol. The number of H-pyrrole nitrogens is 1. The summed E-state index contributed by atoms with van der Waals surface area (Å²) in [5, 5.41) is 39.1. The van der Waals surface area contributed by atoms with Gasteiger partial charge in [-0.1, -0.05) is 13.8 Å². The van der Waals surface area contributed by atoms with Gasteiger partial charge >= 0.3 is 5.69 Å². The molecule has 0 radical (unpaired) electrons. The van der Waals surface area contributed by atoms with Crippen LogP contribution in [-0.2, 0) is 19.4 Å². The highest BCUT2D eigenvalue weighted by Gasteiger charge is 2.27. The zero-order valence-electron chi connectivity index (χ0n) is 16.2. The Kier molecular flexibility index (Phi) is 6.08. The van der Waals surface area contributed by atoms with Crippen molar-refractivity contribution in [1.82, 2.24) is 19.5 Å². The van der Waals surface area contributed by atoms with E-state index in [0.717, 1.165) is 24.0 Å². The molecule has 10 heteroatoms. The molecule has 0 unspecified atom stereocenters. The van der Waals surface area contributed by atoms with Crippen LogP contribution in [-0.4, -0.2) is 64.9 Å². The monoisotopic (exact) mass is 404 g/mol. The summed E-state index contributed by atoms with van der Waals surface area (Å²) in [6.07, 6.45) is -3.18. The molecule has 1 aromatic carbocycles. The number of hydrogen-bond donors (Lipinski definition) is 5. The molecule has 0 bridgehead atoms. The van der Waals surface area contributed by atoms with E-state index in [0.29, 0.717) is 11.0 Å². The highest BCUT2D eigenvalue weighted by molar-refractivity contribution is 5.81. The minimum atomic E-state index is -1.64. The Hall–Kier alpha value is -2.66. The average molecular weight is 404 g/mol. The summed E-state index contributed by atoms with van der Waals surface area (Å²) in [5.41, 5.74) is 1.44. The van der Waals surface area contributed by atoms with E-state index in [-0.39, 0.29) is 18.1 Å². The number of aliphatic hydroxyl groups is 4.